The van der Waals surface area contributed by atoms with Crippen LogP contribution in [0.25, 0.3) is 0 Å². The minimum absolute atomic E-state index is 0.108. The highest BCUT2D eigenvalue weighted by Gasteiger charge is 2.43. The molecule has 1 unspecified atom stereocenters. The summed E-state index contributed by atoms with van der Waals surface area (Å²) in [5.74, 6) is -0.166. The predicted molar refractivity (Wildman–Crippen MR) is 71.4 cm³/mol. The maximum absolute atomic E-state index is 12.2. The lowest BCUT2D eigenvalue weighted by atomic mass is 9.98. The Hall–Kier alpha value is -1.58. The number of nitrogens with one attached hydrogen (secondary N) is 1. The lowest BCUT2D eigenvalue weighted by Crippen LogP contribution is -2.52. The molecule has 9 heteroatoms. The van der Waals surface area contributed by atoms with E-state index in [1.807, 2.05) is 0 Å². The highest BCUT2D eigenvalue weighted by Crippen LogP contribution is 2.39. The fraction of sp³-hybridized carbons (Fsp3) is 0.545. The number of hydrogen-bond donors (Lipinski definition) is 2. The zero-order chi connectivity index (χ0) is 15.0. The lowest BCUT2D eigenvalue weighted by Gasteiger charge is -2.28. The highest BCUT2D eigenvalue weighted by atomic mass is 32.2. The average Bonchev–Trinajstić information content (AvgIpc) is 3.23. The quantitative estimate of drug-likeness (QED) is 0.578. The predicted octanol–water partition coefficient (Wildman–Crippen LogP) is 0.396. The number of nitro groups is 1. The molecular weight excluding hydrogens is 284 g/mol. The van der Waals surface area contributed by atoms with E-state index in [1.54, 1.807) is 6.92 Å². The molecule has 0 bridgehead atoms. The Morgan fingerprint density at radius 1 is 1.55 bits per heavy atom. The standard InChI is InChI=1S/C11H16N4O4S/c1-11(7-12,8-2-3-8)14-20(18,19)9-4-5-10(13-6-9)15(16)17/h4-6,8,14H,2-3,7,12H2,1H3. The molecule has 0 amide bonds. The summed E-state index contributed by atoms with van der Waals surface area (Å²) < 4.78 is 27.1. The van der Waals surface area contributed by atoms with Gasteiger partial charge >= 0.3 is 5.82 Å². The topological polar surface area (TPSA) is 128 Å². The van der Waals surface area contributed by atoms with Crippen molar-refractivity contribution in [2.45, 2.75) is 30.2 Å². The second kappa shape index (κ2) is 5.08. The minimum Gasteiger partial charge on any atom is -0.358 e. The van der Waals surface area contributed by atoms with Crippen molar-refractivity contribution >= 4 is 15.8 Å². The maximum Gasteiger partial charge on any atom is 0.363 e. The van der Waals surface area contributed by atoms with E-state index in [0.29, 0.717) is 0 Å². The number of nitrogens with two attached hydrogens (primary N) is 1. The Kier molecular flexibility index (Phi) is 3.76. The van der Waals surface area contributed by atoms with Crippen molar-refractivity contribution in [2.75, 3.05) is 6.54 Å². The number of aromatic nitrogens is 1. The van der Waals surface area contributed by atoms with Gasteiger partial charge in [0, 0.05) is 18.2 Å². The molecule has 1 fully saturated rings. The maximum atomic E-state index is 12.2. The summed E-state index contributed by atoms with van der Waals surface area (Å²) >= 11 is 0. The minimum atomic E-state index is -3.79. The van der Waals surface area contributed by atoms with Gasteiger partial charge in [0.05, 0.1) is 0 Å². The molecule has 0 aliphatic heterocycles. The first-order valence-corrected chi connectivity index (χ1v) is 7.61. The van der Waals surface area contributed by atoms with Crippen LogP contribution in [0.1, 0.15) is 19.8 Å². The van der Waals surface area contributed by atoms with Crippen molar-refractivity contribution in [1.29, 1.82) is 0 Å². The van der Waals surface area contributed by atoms with Crippen LogP contribution in [-0.2, 0) is 10.0 Å². The van der Waals surface area contributed by atoms with Crippen molar-refractivity contribution in [1.82, 2.24) is 9.71 Å². The van der Waals surface area contributed by atoms with Crippen LogP contribution in [0.2, 0.25) is 0 Å². The van der Waals surface area contributed by atoms with Gasteiger partial charge in [0.25, 0.3) is 0 Å². The van der Waals surface area contributed by atoms with Crippen molar-refractivity contribution < 1.29 is 13.3 Å². The smallest absolute Gasteiger partial charge is 0.358 e. The molecule has 1 saturated carbocycles. The Morgan fingerprint density at radius 3 is 2.60 bits per heavy atom. The summed E-state index contributed by atoms with van der Waals surface area (Å²) in [7, 11) is -3.79. The van der Waals surface area contributed by atoms with Gasteiger partial charge in [-0.1, -0.05) is 0 Å². The van der Waals surface area contributed by atoms with Gasteiger partial charge in [0.2, 0.25) is 10.0 Å². The summed E-state index contributed by atoms with van der Waals surface area (Å²) in [6.07, 6.45) is 2.85. The second-order valence-corrected chi connectivity index (χ2v) is 6.79. The second-order valence-electron chi connectivity index (χ2n) is 5.11. The molecule has 110 valence electrons. The molecule has 2 rings (SSSR count). The highest BCUT2D eigenvalue weighted by molar-refractivity contribution is 7.89. The molecule has 1 aromatic rings. The van der Waals surface area contributed by atoms with E-state index in [1.165, 1.54) is 0 Å². The molecule has 1 aliphatic carbocycles. The summed E-state index contributed by atoms with van der Waals surface area (Å²) in [6, 6.07) is 2.22. The molecule has 1 aromatic heterocycles. The van der Waals surface area contributed by atoms with Gasteiger partial charge < -0.3 is 15.8 Å². The van der Waals surface area contributed by atoms with E-state index in [9.17, 15) is 18.5 Å². The van der Waals surface area contributed by atoms with Gasteiger partial charge in [-0.3, -0.25) is 0 Å². The largest absolute Gasteiger partial charge is 0.363 e. The number of nitrogens with zero attached hydrogens (tertiary/aromatic N) is 2. The molecule has 1 aliphatic rings. The van der Waals surface area contributed by atoms with Crippen LogP contribution in [-0.4, -0.2) is 30.4 Å². The van der Waals surface area contributed by atoms with Crippen LogP contribution in [0.3, 0.4) is 0 Å². The average molecular weight is 300 g/mol. The summed E-state index contributed by atoms with van der Waals surface area (Å²) in [5.41, 5.74) is 4.97. The Balaban J connectivity index is 2.23. The molecule has 0 radical (unpaired) electrons. The van der Waals surface area contributed by atoms with Crippen molar-refractivity contribution in [3.8, 4) is 0 Å². The molecule has 8 nitrogen and oxygen atoms in total. The first-order valence-electron chi connectivity index (χ1n) is 6.13. The van der Waals surface area contributed by atoms with E-state index in [2.05, 4.69) is 9.71 Å². The first-order chi connectivity index (χ1) is 9.28. The van der Waals surface area contributed by atoms with E-state index in [4.69, 9.17) is 5.73 Å². The van der Waals surface area contributed by atoms with E-state index < -0.39 is 26.3 Å². The van der Waals surface area contributed by atoms with E-state index in [-0.39, 0.29) is 17.4 Å². The first kappa shape index (κ1) is 14.8. The van der Waals surface area contributed by atoms with Crippen LogP contribution in [0.4, 0.5) is 5.82 Å². The SMILES string of the molecule is CC(CN)(NS(=O)(=O)c1ccc([N+](=O)[O-])nc1)C1CC1. The molecular formula is C11H16N4O4S. The zero-order valence-corrected chi connectivity index (χ0v) is 11.8. The molecule has 0 saturated heterocycles. The van der Waals surface area contributed by atoms with Gasteiger partial charge in [0.1, 0.15) is 4.90 Å². The summed E-state index contributed by atoms with van der Waals surface area (Å²) in [6.45, 7) is 1.96. The molecule has 0 aromatic carbocycles. The molecule has 20 heavy (non-hydrogen) atoms. The Labute approximate surface area is 116 Å². The Morgan fingerprint density at radius 2 is 2.20 bits per heavy atom. The molecule has 1 heterocycles. The van der Waals surface area contributed by atoms with Crippen molar-refractivity contribution in [3.05, 3.63) is 28.4 Å². The third-order valence-corrected chi connectivity index (χ3v) is 5.09. The van der Waals surface area contributed by atoms with Crippen LogP contribution in [0.5, 0.6) is 0 Å². The normalized spacial score (nSPS) is 18.5. The summed E-state index contributed by atoms with van der Waals surface area (Å²) in [4.78, 5) is 13.2. The third-order valence-electron chi connectivity index (χ3n) is 3.49. The van der Waals surface area contributed by atoms with Crippen molar-refractivity contribution in [3.63, 3.8) is 0 Å². The van der Waals surface area contributed by atoms with Crippen LogP contribution in [0.15, 0.2) is 23.2 Å². The number of pyridine rings is 1. The van der Waals surface area contributed by atoms with Gasteiger partial charge in [-0.15, -0.1) is 0 Å². The summed E-state index contributed by atoms with van der Waals surface area (Å²) in [5, 5.41) is 10.5. The third kappa shape index (κ3) is 2.94. The molecule has 3 N–H and O–H groups in total. The zero-order valence-electron chi connectivity index (χ0n) is 10.9. The van der Waals surface area contributed by atoms with Gasteiger partial charge in [-0.05, 0) is 41.7 Å². The van der Waals surface area contributed by atoms with Crippen LogP contribution >= 0.6 is 0 Å². The molecule has 0 spiro atoms. The van der Waals surface area contributed by atoms with Crippen LogP contribution in [0, 0.1) is 16.0 Å². The fourth-order valence-electron chi connectivity index (χ4n) is 2.02. The van der Waals surface area contributed by atoms with E-state index >= 15 is 0 Å². The number of hydrogen-bond acceptors (Lipinski definition) is 6. The molecule has 1 atom stereocenters. The Bertz CT molecular complexity index is 612. The van der Waals surface area contributed by atoms with Crippen LogP contribution < -0.4 is 10.5 Å². The van der Waals surface area contributed by atoms with Gasteiger partial charge in [-0.25, -0.2) is 13.1 Å². The van der Waals surface area contributed by atoms with E-state index in [0.717, 1.165) is 31.2 Å². The fourth-order valence-corrected chi connectivity index (χ4v) is 3.44. The lowest BCUT2D eigenvalue weighted by molar-refractivity contribution is -0.389. The number of rotatable bonds is 6. The van der Waals surface area contributed by atoms with Gasteiger partial charge in [-0.2, -0.15) is 0 Å². The van der Waals surface area contributed by atoms with Gasteiger partial charge in [0.15, 0.2) is 6.20 Å². The monoisotopic (exact) mass is 300 g/mol. The van der Waals surface area contributed by atoms with Crippen molar-refractivity contribution in [2.24, 2.45) is 11.7 Å². The number of sulfonamides is 1.